The van der Waals surface area contributed by atoms with Gasteiger partial charge in [-0.2, -0.15) is 4.98 Å². The highest BCUT2D eigenvalue weighted by Crippen LogP contribution is 2.32. The van der Waals surface area contributed by atoms with Crippen LogP contribution in [0.2, 0.25) is 5.02 Å². The SMILES string of the molecule is CC.Nc1nc(NCc2c(Cl)cccc2Oc2ccc3ccccc3c2)n[nH]1. The Morgan fingerprint density at radius 3 is 2.57 bits per heavy atom. The molecule has 0 bridgehead atoms. The fourth-order valence-electron chi connectivity index (χ4n) is 2.68. The smallest absolute Gasteiger partial charge is 0.243 e. The normalized spacial score (nSPS) is 10.2. The Labute approximate surface area is 168 Å². The Bertz CT molecular complexity index is 1060. The Hall–Kier alpha value is -3.25. The van der Waals surface area contributed by atoms with Crippen LogP contribution in [-0.4, -0.2) is 15.2 Å². The molecule has 1 aromatic heterocycles. The van der Waals surface area contributed by atoms with Crippen LogP contribution in [0.15, 0.2) is 60.7 Å². The summed E-state index contributed by atoms with van der Waals surface area (Å²) < 4.78 is 6.09. The highest BCUT2D eigenvalue weighted by molar-refractivity contribution is 6.31. The number of hydrogen-bond donors (Lipinski definition) is 3. The van der Waals surface area contributed by atoms with Crippen molar-refractivity contribution in [2.45, 2.75) is 20.4 Å². The number of halogens is 1. The van der Waals surface area contributed by atoms with Gasteiger partial charge in [-0.15, -0.1) is 5.10 Å². The number of nitrogens with two attached hydrogens (primary N) is 1. The second-order valence-corrected chi connectivity index (χ2v) is 6.13. The fourth-order valence-corrected chi connectivity index (χ4v) is 2.92. The number of anilines is 2. The molecule has 0 fully saturated rings. The molecule has 4 rings (SSSR count). The van der Waals surface area contributed by atoms with E-state index in [4.69, 9.17) is 22.1 Å². The number of hydrogen-bond acceptors (Lipinski definition) is 5. The van der Waals surface area contributed by atoms with Crippen LogP contribution in [0.3, 0.4) is 0 Å². The monoisotopic (exact) mass is 395 g/mol. The zero-order valence-corrected chi connectivity index (χ0v) is 16.5. The molecule has 0 aliphatic carbocycles. The van der Waals surface area contributed by atoms with Gasteiger partial charge in [0.05, 0.1) is 0 Å². The number of nitrogen functional groups attached to an aromatic ring is 1. The van der Waals surface area contributed by atoms with Gasteiger partial charge in [0, 0.05) is 17.1 Å². The minimum atomic E-state index is 0.249. The second-order valence-electron chi connectivity index (χ2n) is 5.73. The van der Waals surface area contributed by atoms with E-state index in [-0.39, 0.29) is 5.95 Å². The lowest BCUT2D eigenvalue weighted by molar-refractivity contribution is 0.478. The number of nitrogens with one attached hydrogen (secondary N) is 2. The van der Waals surface area contributed by atoms with Gasteiger partial charge < -0.3 is 15.8 Å². The summed E-state index contributed by atoms with van der Waals surface area (Å²) in [6, 6.07) is 19.7. The number of aromatic amines is 1. The first-order chi connectivity index (χ1) is 13.7. The van der Waals surface area contributed by atoms with Crippen molar-refractivity contribution in [2.75, 3.05) is 11.1 Å². The topological polar surface area (TPSA) is 88.8 Å². The van der Waals surface area contributed by atoms with Crippen molar-refractivity contribution in [3.8, 4) is 11.5 Å². The predicted octanol–water partition coefficient (Wildman–Crippen LogP) is 5.62. The van der Waals surface area contributed by atoms with Gasteiger partial charge in [-0.05, 0) is 35.0 Å². The van der Waals surface area contributed by atoms with Crippen molar-refractivity contribution in [3.05, 3.63) is 71.2 Å². The first kappa shape index (κ1) is 19.5. The summed E-state index contributed by atoms with van der Waals surface area (Å²) in [6.45, 7) is 4.40. The molecular formula is C21H22ClN5O. The predicted molar refractivity (Wildman–Crippen MR) is 115 cm³/mol. The molecule has 0 aliphatic rings. The van der Waals surface area contributed by atoms with E-state index < -0.39 is 0 Å². The Balaban J connectivity index is 0.00000109. The summed E-state index contributed by atoms with van der Waals surface area (Å²) in [7, 11) is 0. The number of rotatable bonds is 5. The van der Waals surface area contributed by atoms with Gasteiger partial charge in [-0.25, -0.2) is 5.10 Å². The van der Waals surface area contributed by atoms with Crippen LogP contribution in [0.5, 0.6) is 11.5 Å². The second kappa shape index (κ2) is 9.10. The first-order valence-corrected chi connectivity index (χ1v) is 9.42. The number of ether oxygens (including phenoxy) is 1. The molecule has 0 spiro atoms. The third-order valence-corrected chi connectivity index (χ3v) is 4.30. The summed E-state index contributed by atoms with van der Waals surface area (Å²) in [5.74, 6) is 2.07. The lowest BCUT2D eigenvalue weighted by Crippen LogP contribution is -2.03. The molecular weight excluding hydrogens is 374 g/mol. The quantitative estimate of drug-likeness (QED) is 0.408. The van der Waals surface area contributed by atoms with Gasteiger partial charge in [0.2, 0.25) is 11.9 Å². The largest absolute Gasteiger partial charge is 0.457 e. The maximum Gasteiger partial charge on any atom is 0.243 e. The zero-order valence-electron chi connectivity index (χ0n) is 15.7. The highest BCUT2D eigenvalue weighted by atomic mass is 35.5. The molecule has 4 aromatic rings. The van der Waals surface area contributed by atoms with Gasteiger partial charge >= 0.3 is 0 Å². The van der Waals surface area contributed by atoms with Gasteiger partial charge in [0.25, 0.3) is 0 Å². The summed E-state index contributed by atoms with van der Waals surface area (Å²) >= 11 is 6.37. The van der Waals surface area contributed by atoms with Crippen molar-refractivity contribution in [1.29, 1.82) is 0 Å². The Kier molecular flexibility index (Phi) is 6.34. The van der Waals surface area contributed by atoms with E-state index in [1.807, 2.05) is 62.4 Å². The lowest BCUT2D eigenvalue weighted by Gasteiger charge is -2.13. The van der Waals surface area contributed by atoms with E-state index in [2.05, 4.69) is 32.6 Å². The van der Waals surface area contributed by atoms with E-state index in [0.29, 0.717) is 23.3 Å². The van der Waals surface area contributed by atoms with Crippen LogP contribution in [0, 0.1) is 0 Å². The molecule has 0 amide bonds. The molecule has 0 aliphatic heterocycles. The molecule has 0 radical (unpaired) electrons. The Morgan fingerprint density at radius 2 is 1.82 bits per heavy atom. The molecule has 4 N–H and O–H groups in total. The third-order valence-electron chi connectivity index (χ3n) is 3.95. The van der Waals surface area contributed by atoms with Gasteiger partial charge in [-0.3, -0.25) is 0 Å². The molecule has 0 saturated heterocycles. The van der Waals surface area contributed by atoms with Crippen LogP contribution in [0.1, 0.15) is 19.4 Å². The van der Waals surface area contributed by atoms with Crippen molar-refractivity contribution in [2.24, 2.45) is 0 Å². The third kappa shape index (κ3) is 4.53. The van der Waals surface area contributed by atoms with Crippen LogP contribution in [-0.2, 0) is 6.54 Å². The van der Waals surface area contributed by atoms with Crippen LogP contribution in [0.25, 0.3) is 10.8 Å². The maximum atomic E-state index is 6.37. The fraction of sp³-hybridized carbons (Fsp3) is 0.143. The van der Waals surface area contributed by atoms with Crippen molar-refractivity contribution >= 4 is 34.3 Å². The van der Waals surface area contributed by atoms with E-state index in [1.165, 1.54) is 0 Å². The Morgan fingerprint density at radius 1 is 1.04 bits per heavy atom. The van der Waals surface area contributed by atoms with Gasteiger partial charge in [0.1, 0.15) is 11.5 Å². The number of H-pyrrole nitrogens is 1. The standard InChI is InChI=1S/C19H16ClN5O.C2H6/c20-16-6-3-7-17(15(16)11-22-19-23-18(21)24-25-19)26-14-9-8-12-4-1-2-5-13(12)10-14;1-2/h1-10H,11H2,(H4,21,22,23,24,25);1-2H3. The number of benzene rings is 3. The molecule has 28 heavy (non-hydrogen) atoms. The number of fused-ring (bicyclic) bond motifs is 1. The van der Waals surface area contributed by atoms with Crippen LogP contribution >= 0.6 is 11.6 Å². The molecule has 7 heteroatoms. The molecule has 3 aromatic carbocycles. The summed E-state index contributed by atoms with van der Waals surface area (Å²) in [5, 5.41) is 12.5. The van der Waals surface area contributed by atoms with E-state index in [9.17, 15) is 0 Å². The summed E-state index contributed by atoms with van der Waals surface area (Å²) in [5.41, 5.74) is 6.35. The maximum absolute atomic E-state index is 6.37. The van der Waals surface area contributed by atoms with Crippen LogP contribution < -0.4 is 15.8 Å². The van der Waals surface area contributed by atoms with Crippen molar-refractivity contribution < 1.29 is 4.74 Å². The minimum Gasteiger partial charge on any atom is -0.457 e. The molecule has 0 atom stereocenters. The molecule has 0 saturated carbocycles. The van der Waals surface area contributed by atoms with Crippen molar-refractivity contribution in [3.63, 3.8) is 0 Å². The summed E-state index contributed by atoms with van der Waals surface area (Å²) in [4.78, 5) is 4.02. The summed E-state index contributed by atoms with van der Waals surface area (Å²) in [6.07, 6.45) is 0. The first-order valence-electron chi connectivity index (χ1n) is 9.05. The lowest BCUT2D eigenvalue weighted by atomic mass is 10.1. The minimum absolute atomic E-state index is 0.249. The van der Waals surface area contributed by atoms with E-state index >= 15 is 0 Å². The molecule has 1 heterocycles. The van der Waals surface area contributed by atoms with Gasteiger partial charge in [-0.1, -0.05) is 61.8 Å². The van der Waals surface area contributed by atoms with Crippen LogP contribution in [0.4, 0.5) is 11.9 Å². The molecule has 144 valence electrons. The highest BCUT2D eigenvalue weighted by Gasteiger charge is 2.11. The van der Waals surface area contributed by atoms with Crippen molar-refractivity contribution in [1.82, 2.24) is 15.2 Å². The average Bonchev–Trinajstić information content (AvgIpc) is 3.14. The van der Waals surface area contributed by atoms with E-state index in [0.717, 1.165) is 22.1 Å². The van der Waals surface area contributed by atoms with E-state index in [1.54, 1.807) is 0 Å². The number of aromatic nitrogens is 3. The average molecular weight is 396 g/mol. The zero-order chi connectivity index (χ0) is 19.9. The molecule has 0 unspecified atom stereocenters. The number of nitrogens with zero attached hydrogens (tertiary/aromatic N) is 2. The molecule has 6 nitrogen and oxygen atoms in total. The van der Waals surface area contributed by atoms with Gasteiger partial charge in [0.15, 0.2) is 0 Å².